The smallest absolute Gasteiger partial charge is 0.150 e. The molecule has 0 bridgehead atoms. The maximum absolute atomic E-state index is 10.1. The van der Waals surface area contributed by atoms with Crippen molar-refractivity contribution in [1.29, 1.82) is 5.26 Å². The van der Waals surface area contributed by atoms with E-state index in [9.17, 15) is 10.4 Å². The van der Waals surface area contributed by atoms with Crippen molar-refractivity contribution >= 4 is 11.1 Å². The summed E-state index contributed by atoms with van der Waals surface area (Å²) in [6.07, 6.45) is 0.908. The van der Waals surface area contributed by atoms with Gasteiger partial charge in [-0.2, -0.15) is 5.26 Å². The maximum Gasteiger partial charge on any atom is 0.150 e. The van der Waals surface area contributed by atoms with Gasteiger partial charge in [-0.1, -0.05) is 31.2 Å². The summed E-state index contributed by atoms with van der Waals surface area (Å²) in [5, 5.41) is 19.6. The van der Waals surface area contributed by atoms with Crippen LogP contribution in [0.25, 0.3) is 11.1 Å². The van der Waals surface area contributed by atoms with Crippen molar-refractivity contribution in [3.63, 3.8) is 0 Å². The predicted octanol–water partition coefficient (Wildman–Crippen LogP) is 6.44. The van der Waals surface area contributed by atoms with Crippen LogP contribution in [0.15, 0.2) is 66.7 Å². The topological polar surface area (TPSA) is 65.7 Å². The van der Waals surface area contributed by atoms with E-state index in [1.807, 2.05) is 43.3 Å². The SMILES string of the molecule is CC1=C(c2cccc(C#N)c2)C(c2ccc(OCC(C)N3CCC(C)C3)cc2)Oc2ccc(O)cc21. The Bertz CT molecular complexity index is 1320. The van der Waals surface area contributed by atoms with Gasteiger partial charge in [-0.15, -0.1) is 0 Å². The molecule has 2 aliphatic rings. The molecule has 184 valence electrons. The Morgan fingerprint density at radius 3 is 2.67 bits per heavy atom. The molecule has 1 fully saturated rings. The van der Waals surface area contributed by atoms with Crippen LogP contribution in [-0.4, -0.2) is 35.7 Å². The molecule has 3 aromatic rings. The van der Waals surface area contributed by atoms with Crippen molar-refractivity contribution in [2.75, 3.05) is 19.7 Å². The minimum absolute atomic E-state index is 0.194. The Kier molecular flexibility index (Phi) is 6.71. The van der Waals surface area contributed by atoms with Crippen LogP contribution in [0.5, 0.6) is 17.2 Å². The number of likely N-dealkylation sites (tertiary alicyclic amines) is 1. The third-order valence-corrected chi connectivity index (χ3v) is 7.33. The van der Waals surface area contributed by atoms with Crippen molar-refractivity contribution in [2.24, 2.45) is 5.92 Å². The first-order valence-corrected chi connectivity index (χ1v) is 12.6. The fourth-order valence-electron chi connectivity index (χ4n) is 5.23. The Balaban J connectivity index is 1.42. The van der Waals surface area contributed by atoms with Crippen LogP contribution in [0.1, 0.15) is 55.5 Å². The zero-order valence-electron chi connectivity index (χ0n) is 21.1. The second-order valence-corrected chi connectivity index (χ2v) is 10.0. The van der Waals surface area contributed by atoms with Gasteiger partial charge < -0.3 is 14.6 Å². The molecule has 0 amide bonds. The van der Waals surface area contributed by atoms with Crippen molar-refractivity contribution in [1.82, 2.24) is 4.90 Å². The van der Waals surface area contributed by atoms with Crippen LogP contribution in [0.2, 0.25) is 0 Å². The number of nitriles is 1. The lowest BCUT2D eigenvalue weighted by atomic mass is 9.85. The van der Waals surface area contributed by atoms with E-state index in [1.54, 1.807) is 18.2 Å². The van der Waals surface area contributed by atoms with Crippen molar-refractivity contribution in [3.05, 3.63) is 89.0 Å². The molecule has 5 rings (SSSR count). The number of phenols is 1. The Morgan fingerprint density at radius 2 is 1.94 bits per heavy atom. The van der Waals surface area contributed by atoms with E-state index < -0.39 is 0 Å². The first-order chi connectivity index (χ1) is 17.4. The van der Waals surface area contributed by atoms with Crippen LogP contribution < -0.4 is 9.47 Å². The van der Waals surface area contributed by atoms with Crippen molar-refractivity contribution in [2.45, 2.75) is 39.3 Å². The van der Waals surface area contributed by atoms with Crippen molar-refractivity contribution < 1.29 is 14.6 Å². The highest BCUT2D eigenvalue weighted by Gasteiger charge is 2.30. The fourth-order valence-corrected chi connectivity index (χ4v) is 5.23. The summed E-state index contributed by atoms with van der Waals surface area (Å²) in [7, 11) is 0. The summed E-state index contributed by atoms with van der Waals surface area (Å²) in [6.45, 7) is 9.52. The number of hydrogen-bond acceptors (Lipinski definition) is 5. The summed E-state index contributed by atoms with van der Waals surface area (Å²) in [5.74, 6) is 2.52. The highest BCUT2D eigenvalue weighted by molar-refractivity contribution is 5.95. The molecule has 0 aromatic heterocycles. The number of allylic oxidation sites excluding steroid dienone is 1. The highest BCUT2D eigenvalue weighted by Crippen LogP contribution is 2.47. The van der Waals surface area contributed by atoms with Gasteiger partial charge in [0.25, 0.3) is 0 Å². The number of ether oxygens (including phenoxy) is 2. The molecule has 36 heavy (non-hydrogen) atoms. The quantitative estimate of drug-likeness (QED) is 0.440. The van der Waals surface area contributed by atoms with Gasteiger partial charge in [0.1, 0.15) is 30.0 Å². The standard InChI is InChI=1S/C31H32N2O3/c1-20-13-14-33(18-20)21(2)19-35-27-10-7-24(8-11-27)31-30(25-6-4-5-23(15-25)17-32)22(3)28-16-26(34)9-12-29(28)36-31/h4-12,15-16,20-21,31,34H,13-14,18-19H2,1-3H3. The Labute approximate surface area is 213 Å². The van der Waals surface area contributed by atoms with E-state index in [0.717, 1.165) is 58.3 Å². The lowest BCUT2D eigenvalue weighted by Crippen LogP contribution is -2.35. The lowest BCUT2D eigenvalue weighted by Gasteiger charge is -2.31. The lowest BCUT2D eigenvalue weighted by molar-refractivity contribution is 0.169. The molecule has 3 aromatic carbocycles. The molecule has 0 spiro atoms. The average molecular weight is 481 g/mol. The minimum atomic E-state index is -0.352. The molecule has 5 heteroatoms. The summed E-state index contributed by atoms with van der Waals surface area (Å²) in [4.78, 5) is 2.50. The van der Waals surface area contributed by atoms with E-state index in [-0.39, 0.29) is 11.9 Å². The van der Waals surface area contributed by atoms with Gasteiger partial charge in [0.05, 0.1) is 11.6 Å². The molecule has 0 aliphatic carbocycles. The second kappa shape index (κ2) is 10.1. The van der Waals surface area contributed by atoms with Gasteiger partial charge in [-0.3, -0.25) is 4.90 Å². The Morgan fingerprint density at radius 1 is 1.14 bits per heavy atom. The molecule has 2 aliphatic heterocycles. The first-order valence-electron chi connectivity index (χ1n) is 12.6. The summed E-state index contributed by atoms with van der Waals surface area (Å²) in [6, 6.07) is 23.5. The number of fused-ring (bicyclic) bond motifs is 1. The Hall–Kier alpha value is -3.75. The summed E-state index contributed by atoms with van der Waals surface area (Å²) in [5.41, 5.74) is 5.38. The molecular formula is C31H32N2O3. The second-order valence-electron chi connectivity index (χ2n) is 10.0. The molecule has 0 saturated carbocycles. The average Bonchev–Trinajstić information content (AvgIpc) is 3.34. The maximum atomic E-state index is 10.1. The molecule has 3 unspecified atom stereocenters. The zero-order chi connectivity index (χ0) is 25.2. The highest BCUT2D eigenvalue weighted by atomic mass is 16.5. The van der Waals surface area contributed by atoms with Crippen LogP contribution >= 0.6 is 0 Å². The number of phenolic OH excluding ortho intramolecular Hbond substituents is 1. The number of rotatable bonds is 6. The number of aromatic hydroxyl groups is 1. The molecule has 5 nitrogen and oxygen atoms in total. The number of benzene rings is 3. The van der Waals surface area contributed by atoms with Gasteiger partial charge in [0.15, 0.2) is 0 Å². The van der Waals surface area contributed by atoms with E-state index >= 15 is 0 Å². The van der Waals surface area contributed by atoms with Gasteiger partial charge in [0.2, 0.25) is 0 Å². The molecule has 1 N–H and O–H groups in total. The zero-order valence-corrected chi connectivity index (χ0v) is 21.1. The largest absolute Gasteiger partial charge is 0.508 e. The third kappa shape index (κ3) is 4.82. The van der Waals surface area contributed by atoms with E-state index in [0.29, 0.717) is 18.2 Å². The summed E-state index contributed by atoms with van der Waals surface area (Å²) >= 11 is 0. The van der Waals surface area contributed by atoms with E-state index in [1.165, 1.54) is 6.42 Å². The van der Waals surface area contributed by atoms with Gasteiger partial charge in [-0.25, -0.2) is 0 Å². The molecule has 2 heterocycles. The molecular weight excluding hydrogens is 448 g/mol. The van der Waals surface area contributed by atoms with Crippen molar-refractivity contribution in [3.8, 4) is 23.3 Å². The van der Waals surface area contributed by atoms with Crippen LogP contribution in [0, 0.1) is 17.2 Å². The van der Waals surface area contributed by atoms with E-state index in [2.05, 4.69) is 36.9 Å². The molecule has 1 saturated heterocycles. The van der Waals surface area contributed by atoms with E-state index in [4.69, 9.17) is 9.47 Å². The van der Waals surface area contributed by atoms with Crippen LogP contribution in [-0.2, 0) is 0 Å². The van der Waals surface area contributed by atoms with Gasteiger partial charge in [0, 0.05) is 23.7 Å². The monoisotopic (exact) mass is 480 g/mol. The predicted molar refractivity (Wildman–Crippen MR) is 142 cm³/mol. The number of nitrogens with zero attached hydrogens (tertiary/aromatic N) is 2. The first kappa shape index (κ1) is 24.0. The summed E-state index contributed by atoms with van der Waals surface area (Å²) < 4.78 is 12.6. The molecule has 3 atom stereocenters. The molecule has 0 radical (unpaired) electrons. The third-order valence-electron chi connectivity index (χ3n) is 7.33. The number of hydrogen-bond donors (Lipinski definition) is 1. The van der Waals surface area contributed by atoms with Gasteiger partial charge in [-0.05, 0) is 91.9 Å². The normalized spacial score (nSPS) is 20.4. The minimum Gasteiger partial charge on any atom is -0.508 e. The van der Waals surface area contributed by atoms with Crippen LogP contribution in [0.3, 0.4) is 0 Å². The fraction of sp³-hybridized carbons (Fsp3) is 0.323. The van der Waals surface area contributed by atoms with Crippen LogP contribution in [0.4, 0.5) is 0 Å². The van der Waals surface area contributed by atoms with Gasteiger partial charge >= 0.3 is 0 Å².